The fourth-order valence-electron chi connectivity index (χ4n) is 4.62. The molecule has 1 unspecified atom stereocenters. The number of ether oxygens (including phenoxy) is 8. The quantitative estimate of drug-likeness (QED) is 0.617. The summed E-state index contributed by atoms with van der Waals surface area (Å²) in [7, 11) is 0. The fourth-order valence-corrected chi connectivity index (χ4v) is 4.62. The number of halogens is 1. The molecule has 0 aromatic heterocycles. The third kappa shape index (κ3) is 4.11. The number of alkyl halides is 1. The lowest BCUT2D eigenvalue weighted by Crippen LogP contribution is -2.61. The van der Waals surface area contributed by atoms with Crippen LogP contribution in [0.3, 0.4) is 0 Å². The van der Waals surface area contributed by atoms with E-state index in [9.17, 15) is 9.18 Å². The highest BCUT2D eigenvalue weighted by Gasteiger charge is 2.60. The minimum atomic E-state index is -1.62. The second-order valence-electron chi connectivity index (χ2n) is 9.21. The molecule has 10 heteroatoms. The van der Waals surface area contributed by atoms with Crippen molar-refractivity contribution >= 4 is 5.97 Å². The van der Waals surface area contributed by atoms with Crippen molar-refractivity contribution in [3.8, 4) is 0 Å². The zero-order valence-electron chi connectivity index (χ0n) is 18.3. The van der Waals surface area contributed by atoms with Crippen molar-refractivity contribution in [1.29, 1.82) is 0 Å². The van der Waals surface area contributed by atoms with Crippen molar-refractivity contribution in [1.82, 2.24) is 0 Å². The molecule has 0 bridgehead atoms. The average molecular weight is 434 g/mol. The number of hydrogen-bond acceptors (Lipinski definition) is 9. The Balaban J connectivity index is 1.55. The van der Waals surface area contributed by atoms with Gasteiger partial charge in [-0.2, -0.15) is 0 Å². The smallest absolute Gasteiger partial charge is 0.303 e. The van der Waals surface area contributed by atoms with Gasteiger partial charge in [-0.25, -0.2) is 4.39 Å². The zero-order valence-corrected chi connectivity index (χ0v) is 18.3. The van der Waals surface area contributed by atoms with E-state index >= 15 is 0 Å². The van der Waals surface area contributed by atoms with Gasteiger partial charge in [0.2, 0.25) is 6.36 Å². The molecule has 4 heterocycles. The van der Waals surface area contributed by atoms with Crippen LogP contribution in [0.4, 0.5) is 4.39 Å². The SMILES string of the molecule is CC(=O)O[C@@H]1[C@H]2OC(C)(C)O[C@H]2C(O[C@@H]2[C@H]3OC(C)(C)O[C@H]3[C@H](F)O[C@H]2C)O[C@H]1C. The number of carbonyl (C=O) groups is 1. The lowest BCUT2D eigenvalue weighted by molar-refractivity contribution is -0.322. The molecular formula is C20H31FO9. The molecule has 4 aliphatic rings. The Bertz CT molecular complexity index is 671. The first-order valence-electron chi connectivity index (χ1n) is 10.4. The summed E-state index contributed by atoms with van der Waals surface area (Å²) in [5.74, 6) is -2.32. The molecule has 4 rings (SSSR count). The third-order valence-corrected chi connectivity index (χ3v) is 5.71. The van der Waals surface area contributed by atoms with Crippen LogP contribution >= 0.6 is 0 Å². The van der Waals surface area contributed by atoms with Crippen LogP contribution in [0.15, 0.2) is 0 Å². The molecule has 0 amide bonds. The molecule has 0 N–H and O–H groups in total. The first-order chi connectivity index (χ1) is 13.9. The second kappa shape index (κ2) is 7.61. The van der Waals surface area contributed by atoms with E-state index in [2.05, 4.69) is 0 Å². The highest BCUT2D eigenvalue weighted by molar-refractivity contribution is 5.66. The van der Waals surface area contributed by atoms with Gasteiger partial charge >= 0.3 is 5.97 Å². The molecule has 10 atom stereocenters. The Morgan fingerprint density at radius 3 is 1.90 bits per heavy atom. The van der Waals surface area contributed by atoms with Crippen LogP contribution in [0.25, 0.3) is 0 Å². The standard InChI is InChI=1S/C20H31FO9/c1-8-12(13-15(17(21)23-8)29-19(4,5)27-13)26-18-16-14(28-20(6,7)30-16)11(9(2)24-18)25-10(3)22/h8-9,11-18H,1-7H3/t8-,9-,11-,12-,13+,14+,15+,16+,17+,18?/m0/s1. The van der Waals surface area contributed by atoms with Gasteiger partial charge in [0.25, 0.3) is 0 Å². The lowest BCUT2D eigenvalue weighted by Gasteiger charge is -2.44. The van der Waals surface area contributed by atoms with Gasteiger partial charge in [-0.1, -0.05) is 0 Å². The van der Waals surface area contributed by atoms with E-state index in [-0.39, 0.29) is 0 Å². The van der Waals surface area contributed by atoms with Crippen molar-refractivity contribution in [2.45, 2.75) is 122 Å². The van der Waals surface area contributed by atoms with E-state index in [1.807, 2.05) is 0 Å². The Morgan fingerprint density at radius 1 is 0.800 bits per heavy atom. The van der Waals surface area contributed by atoms with Crippen molar-refractivity contribution in [2.24, 2.45) is 0 Å². The summed E-state index contributed by atoms with van der Waals surface area (Å²) in [5, 5.41) is 0. The summed E-state index contributed by atoms with van der Waals surface area (Å²) >= 11 is 0. The Labute approximate surface area is 175 Å². The van der Waals surface area contributed by atoms with Crippen molar-refractivity contribution in [3.05, 3.63) is 0 Å². The maximum absolute atomic E-state index is 14.4. The largest absolute Gasteiger partial charge is 0.457 e. The van der Waals surface area contributed by atoms with E-state index < -0.39 is 79.0 Å². The van der Waals surface area contributed by atoms with E-state index in [1.165, 1.54) is 6.92 Å². The fraction of sp³-hybridized carbons (Fsp3) is 0.950. The summed E-state index contributed by atoms with van der Waals surface area (Å²) in [6, 6.07) is 0. The van der Waals surface area contributed by atoms with Crippen LogP contribution in [0.2, 0.25) is 0 Å². The second-order valence-corrected chi connectivity index (χ2v) is 9.21. The molecular weight excluding hydrogens is 403 g/mol. The van der Waals surface area contributed by atoms with Crippen LogP contribution in [0.5, 0.6) is 0 Å². The molecule has 9 nitrogen and oxygen atoms in total. The minimum absolute atomic E-state index is 0.438. The average Bonchev–Trinajstić information content (AvgIpc) is 3.10. The van der Waals surface area contributed by atoms with E-state index in [4.69, 9.17) is 37.9 Å². The summed E-state index contributed by atoms with van der Waals surface area (Å²) in [6.45, 7) is 11.8. The highest BCUT2D eigenvalue weighted by Crippen LogP contribution is 2.43. The van der Waals surface area contributed by atoms with Crippen LogP contribution in [0, 0.1) is 0 Å². The predicted molar refractivity (Wildman–Crippen MR) is 97.9 cm³/mol. The van der Waals surface area contributed by atoms with Crippen LogP contribution in [-0.4, -0.2) is 79.0 Å². The number of esters is 1. The molecule has 30 heavy (non-hydrogen) atoms. The molecule has 4 aliphatic heterocycles. The first kappa shape index (κ1) is 22.3. The molecule has 0 saturated carbocycles. The van der Waals surface area contributed by atoms with Crippen LogP contribution < -0.4 is 0 Å². The van der Waals surface area contributed by atoms with Crippen molar-refractivity contribution < 1.29 is 47.1 Å². The predicted octanol–water partition coefficient (Wildman–Crippen LogP) is 1.80. The molecule has 4 fully saturated rings. The number of fused-ring (bicyclic) bond motifs is 2. The summed E-state index contributed by atoms with van der Waals surface area (Å²) in [5.41, 5.74) is 0. The molecule has 0 aliphatic carbocycles. The van der Waals surface area contributed by atoms with Gasteiger partial charge in [0.15, 0.2) is 24.0 Å². The Morgan fingerprint density at radius 2 is 1.30 bits per heavy atom. The third-order valence-electron chi connectivity index (χ3n) is 5.71. The molecule has 0 aromatic carbocycles. The number of carbonyl (C=O) groups excluding carboxylic acids is 1. The zero-order chi connectivity index (χ0) is 22.0. The monoisotopic (exact) mass is 434 g/mol. The van der Waals surface area contributed by atoms with Gasteiger partial charge in [0.1, 0.15) is 30.5 Å². The topological polar surface area (TPSA) is 90.9 Å². The minimum Gasteiger partial charge on any atom is -0.457 e. The van der Waals surface area contributed by atoms with Gasteiger partial charge < -0.3 is 37.9 Å². The molecule has 4 saturated heterocycles. The highest BCUT2D eigenvalue weighted by atomic mass is 19.1. The van der Waals surface area contributed by atoms with Gasteiger partial charge in [0, 0.05) is 6.92 Å². The Kier molecular flexibility index (Phi) is 5.66. The molecule has 172 valence electrons. The number of hydrogen-bond donors (Lipinski definition) is 0. The lowest BCUT2D eigenvalue weighted by atomic mass is 9.98. The van der Waals surface area contributed by atoms with Crippen molar-refractivity contribution in [3.63, 3.8) is 0 Å². The van der Waals surface area contributed by atoms with E-state index in [0.29, 0.717) is 0 Å². The normalized spacial score (nSPS) is 49.3. The summed E-state index contributed by atoms with van der Waals surface area (Å²) in [6.07, 6.45) is -7.77. The van der Waals surface area contributed by atoms with E-state index in [0.717, 1.165) is 0 Å². The molecule has 0 spiro atoms. The van der Waals surface area contributed by atoms with Crippen molar-refractivity contribution in [2.75, 3.05) is 0 Å². The maximum Gasteiger partial charge on any atom is 0.303 e. The van der Waals surface area contributed by atoms with Gasteiger partial charge in [-0.15, -0.1) is 0 Å². The number of rotatable bonds is 3. The summed E-state index contributed by atoms with van der Waals surface area (Å²) in [4.78, 5) is 11.6. The molecule has 0 aromatic rings. The first-order valence-corrected chi connectivity index (χ1v) is 10.4. The molecule has 0 radical (unpaired) electrons. The van der Waals surface area contributed by atoms with Crippen LogP contribution in [0.1, 0.15) is 48.5 Å². The van der Waals surface area contributed by atoms with E-state index in [1.54, 1.807) is 41.5 Å². The van der Waals surface area contributed by atoms with Gasteiger partial charge in [-0.3, -0.25) is 4.79 Å². The Hall–Kier alpha value is -0.880. The van der Waals surface area contributed by atoms with Gasteiger partial charge in [-0.05, 0) is 41.5 Å². The maximum atomic E-state index is 14.4. The van der Waals surface area contributed by atoms with Gasteiger partial charge in [0.05, 0.1) is 12.2 Å². The van der Waals surface area contributed by atoms with Crippen LogP contribution in [-0.2, 0) is 42.7 Å². The summed E-state index contributed by atoms with van der Waals surface area (Å²) < 4.78 is 61.2.